The molecule has 0 aliphatic rings. The first-order valence-corrected chi connectivity index (χ1v) is 5.76. The van der Waals surface area contributed by atoms with E-state index in [9.17, 15) is 19.5 Å². The van der Waals surface area contributed by atoms with Gasteiger partial charge in [0.15, 0.2) is 17.6 Å². The van der Waals surface area contributed by atoms with Gasteiger partial charge in [0.25, 0.3) is 0 Å². The number of ether oxygens (including phenoxy) is 1. The van der Waals surface area contributed by atoms with Crippen molar-refractivity contribution in [2.24, 2.45) is 0 Å². The van der Waals surface area contributed by atoms with Gasteiger partial charge in [-0.3, -0.25) is 0 Å². The minimum absolute atomic E-state index is 0.290. The molecular weight excluding hydrogens is 300 g/mol. The van der Waals surface area contributed by atoms with E-state index in [1.165, 1.54) is 6.07 Å². The van der Waals surface area contributed by atoms with Gasteiger partial charge in [-0.05, 0) is 23.8 Å². The molecule has 1 rings (SSSR count). The molecule has 1 aromatic carbocycles. The van der Waals surface area contributed by atoms with Crippen LogP contribution < -0.4 is 0 Å². The zero-order chi connectivity index (χ0) is 16.9. The molecule has 0 saturated carbocycles. The van der Waals surface area contributed by atoms with Gasteiger partial charge in [-0.25, -0.2) is 14.4 Å². The van der Waals surface area contributed by atoms with E-state index in [0.717, 1.165) is 24.3 Å². The van der Waals surface area contributed by atoms with Crippen molar-refractivity contribution in [1.82, 2.24) is 0 Å². The van der Waals surface area contributed by atoms with Crippen LogP contribution in [0.2, 0.25) is 0 Å². The van der Waals surface area contributed by atoms with Crippen LogP contribution in [0.4, 0.5) is 0 Å². The largest absolute Gasteiger partial charge is 0.504 e. The number of hydrogen-bond acceptors (Lipinski definition) is 7. The number of aliphatic carboxylic acids is 2. The third kappa shape index (κ3) is 4.49. The van der Waals surface area contributed by atoms with Gasteiger partial charge in [0.05, 0.1) is 0 Å². The van der Waals surface area contributed by atoms with E-state index in [0.29, 0.717) is 0 Å². The summed E-state index contributed by atoms with van der Waals surface area (Å²) in [4.78, 5) is 32.7. The zero-order valence-corrected chi connectivity index (χ0v) is 10.9. The lowest BCUT2D eigenvalue weighted by Crippen LogP contribution is -2.42. The number of rotatable bonds is 6. The second kappa shape index (κ2) is 7.09. The third-order valence-electron chi connectivity index (χ3n) is 2.44. The Hall–Kier alpha value is -3.07. The van der Waals surface area contributed by atoms with Crippen LogP contribution in [0.1, 0.15) is 5.56 Å². The average Bonchev–Trinajstić information content (AvgIpc) is 2.44. The highest BCUT2D eigenvalue weighted by molar-refractivity contribution is 5.91. The Morgan fingerprint density at radius 3 is 2.18 bits per heavy atom. The van der Waals surface area contributed by atoms with Crippen LogP contribution in [-0.2, 0) is 19.1 Å². The van der Waals surface area contributed by atoms with Crippen LogP contribution in [0.3, 0.4) is 0 Å². The van der Waals surface area contributed by atoms with Crippen molar-refractivity contribution in [3.05, 3.63) is 29.8 Å². The van der Waals surface area contributed by atoms with E-state index in [1.807, 2.05) is 0 Å². The summed E-state index contributed by atoms with van der Waals surface area (Å²) in [5.74, 6) is -5.68. The molecule has 0 amide bonds. The van der Waals surface area contributed by atoms with Crippen LogP contribution in [0.15, 0.2) is 24.3 Å². The first kappa shape index (κ1) is 17.0. The minimum atomic E-state index is -2.41. The fourth-order valence-corrected chi connectivity index (χ4v) is 1.35. The Labute approximate surface area is 123 Å². The molecule has 1 aromatic rings. The highest BCUT2D eigenvalue weighted by Crippen LogP contribution is 2.25. The van der Waals surface area contributed by atoms with Crippen molar-refractivity contribution < 1.29 is 44.7 Å². The molecule has 118 valence electrons. The number of carbonyl (C=O) groups excluding carboxylic acids is 1. The van der Waals surface area contributed by atoms with Gasteiger partial charge < -0.3 is 30.3 Å². The Morgan fingerprint density at radius 2 is 1.68 bits per heavy atom. The van der Waals surface area contributed by atoms with E-state index < -0.39 is 35.9 Å². The van der Waals surface area contributed by atoms with Gasteiger partial charge in [-0.2, -0.15) is 0 Å². The molecule has 0 bridgehead atoms. The van der Waals surface area contributed by atoms with Gasteiger partial charge in [0.1, 0.15) is 0 Å². The van der Waals surface area contributed by atoms with E-state index in [1.54, 1.807) is 0 Å². The molecule has 0 heterocycles. The molecule has 0 radical (unpaired) electrons. The van der Waals surface area contributed by atoms with E-state index in [4.69, 9.17) is 20.4 Å². The number of benzene rings is 1. The molecule has 9 nitrogen and oxygen atoms in total. The number of carbonyl (C=O) groups is 3. The summed E-state index contributed by atoms with van der Waals surface area (Å²) in [6.45, 7) is 0. The van der Waals surface area contributed by atoms with Crippen LogP contribution in [0, 0.1) is 0 Å². The summed E-state index contributed by atoms with van der Waals surface area (Å²) in [5.41, 5.74) is 0.290. The second-order valence-corrected chi connectivity index (χ2v) is 4.06. The van der Waals surface area contributed by atoms with Crippen molar-refractivity contribution in [2.75, 3.05) is 0 Å². The number of esters is 1. The summed E-state index contributed by atoms with van der Waals surface area (Å²) in [6, 6.07) is 3.63. The van der Waals surface area contributed by atoms with Gasteiger partial charge in [0, 0.05) is 6.08 Å². The summed E-state index contributed by atoms with van der Waals surface area (Å²) < 4.78 is 4.34. The number of phenols is 2. The summed E-state index contributed by atoms with van der Waals surface area (Å²) in [7, 11) is 0. The van der Waals surface area contributed by atoms with Gasteiger partial charge in [0.2, 0.25) is 6.10 Å². The quantitative estimate of drug-likeness (QED) is 0.266. The lowest BCUT2D eigenvalue weighted by Gasteiger charge is -2.15. The van der Waals surface area contributed by atoms with Crippen LogP contribution in [0.25, 0.3) is 6.08 Å². The number of phenolic OH excluding ortho intramolecular Hbond substituents is 2. The predicted octanol–water partition coefficient (Wildman–Crippen LogP) is -0.447. The lowest BCUT2D eigenvalue weighted by atomic mass is 10.2. The van der Waals surface area contributed by atoms with Gasteiger partial charge in [-0.1, -0.05) is 6.07 Å². The fourth-order valence-electron chi connectivity index (χ4n) is 1.35. The fraction of sp³-hybridized carbons (Fsp3) is 0.154. The highest BCUT2D eigenvalue weighted by atomic mass is 16.6. The van der Waals surface area contributed by atoms with Crippen LogP contribution >= 0.6 is 0 Å². The number of carboxylic acids is 2. The summed E-state index contributed by atoms with van der Waals surface area (Å²) >= 11 is 0. The number of aromatic hydroxyl groups is 2. The number of aliphatic hydroxyl groups excluding tert-OH is 1. The maximum atomic E-state index is 11.4. The van der Waals surface area contributed by atoms with E-state index >= 15 is 0 Å². The Morgan fingerprint density at radius 1 is 1.05 bits per heavy atom. The maximum absolute atomic E-state index is 11.4. The molecular formula is C13H12O9. The Kier molecular flexibility index (Phi) is 5.47. The van der Waals surface area contributed by atoms with Crippen molar-refractivity contribution >= 4 is 24.0 Å². The number of hydrogen-bond donors (Lipinski definition) is 5. The van der Waals surface area contributed by atoms with Crippen LogP contribution in [0.5, 0.6) is 11.5 Å². The lowest BCUT2D eigenvalue weighted by molar-refractivity contribution is -0.176. The molecule has 9 heteroatoms. The van der Waals surface area contributed by atoms with Gasteiger partial charge in [-0.15, -0.1) is 0 Å². The summed E-state index contributed by atoms with van der Waals surface area (Å²) in [5, 5.41) is 44.7. The molecule has 2 atom stereocenters. The van der Waals surface area contributed by atoms with Crippen molar-refractivity contribution in [3.63, 3.8) is 0 Å². The maximum Gasteiger partial charge on any atom is 0.348 e. The normalized spacial score (nSPS) is 13.5. The summed E-state index contributed by atoms with van der Waals surface area (Å²) in [6.07, 6.45) is -2.76. The second-order valence-electron chi connectivity index (χ2n) is 4.06. The third-order valence-corrected chi connectivity index (χ3v) is 2.44. The SMILES string of the molecule is O=C(C=Cc1ccc(O)c(O)c1)O[C@H](C(=O)O)[C@H](O)C(=O)O. The molecule has 0 aliphatic heterocycles. The van der Waals surface area contributed by atoms with Gasteiger partial charge >= 0.3 is 17.9 Å². The molecule has 0 aromatic heterocycles. The Balaban J connectivity index is 2.78. The molecule has 5 N–H and O–H groups in total. The standard InChI is InChI=1S/C13H12O9/c14-7-3-1-6(5-8(7)15)2-4-9(16)22-11(13(20)21)10(17)12(18)19/h1-5,10-11,14-15,17H,(H,18,19)(H,20,21)/t10-,11-/m0/s1. The first-order valence-electron chi connectivity index (χ1n) is 5.76. The predicted molar refractivity (Wildman–Crippen MR) is 70.0 cm³/mol. The van der Waals surface area contributed by atoms with Crippen LogP contribution in [-0.4, -0.2) is 55.6 Å². The Bertz CT molecular complexity index is 620. The molecule has 0 spiro atoms. The average molecular weight is 312 g/mol. The van der Waals surface area contributed by atoms with E-state index in [2.05, 4.69) is 4.74 Å². The highest BCUT2D eigenvalue weighted by Gasteiger charge is 2.35. The molecule has 22 heavy (non-hydrogen) atoms. The smallest absolute Gasteiger partial charge is 0.348 e. The monoisotopic (exact) mass is 312 g/mol. The zero-order valence-electron chi connectivity index (χ0n) is 10.9. The topological polar surface area (TPSA) is 162 Å². The van der Waals surface area contributed by atoms with Crippen molar-refractivity contribution in [2.45, 2.75) is 12.2 Å². The molecule has 0 saturated heterocycles. The van der Waals surface area contributed by atoms with E-state index in [-0.39, 0.29) is 11.3 Å². The first-order chi connectivity index (χ1) is 10.2. The molecule has 0 fully saturated rings. The number of carboxylic acid groups (broad SMARTS) is 2. The number of aliphatic hydroxyl groups is 1. The molecule has 0 unspecified atom stereocenters. The van der Waals surface area contributed by atoms with Crippen molar-refractivity contribution in [3.8, 4) is 11.5 Å². The van der Waals surface area contributed by atoms with Crippen molar-refractivity contribution in [1.29, 1.82) is 0 Å². The molecule has 0 aliphatic carbocycles. The minimum Gasteiger partial charge on any atom is -0.504 e.